The molecule has 1 atom stereocenters. The molecule has 0 fully saturated rings. The number of methoxy groups -OCH3 is 2. The number of nitrogens with zero attached hydrogens (tertiary/aromatic N) is 1. The molecule has 2 aromatic rings. The molecule has 0 radical (unpaired) electrons. The monoisotopic (exact) mass is 297 g/mol. The molecule has 0 aliphatic heterocycles. The van der Waals surface area contributed by atoms with E-state index < -0.39 is 0 Å². The highest BCUT2D eigenvalue weighted by atomic mass is 35.5. The Morgan fingerprint density at radius 2 is 1.95 bits per heavy atom. The number of thioether (sulfide) groups is 1. The first kappa shape index (κ1) is 14.3. The number of pyridine rings is 1. The predicted molar refractivity (Wildman–Crippen MR) is 80.9 cm³/mol. The van der Waals surface area contributed by atoms with Crippen LogP contribution in [-0.4, -0.2) is 30.3 Å². The van der Waals surface area contributed by atoms with Crippen LogP contribution >= 0.6 is 23.4 Å². The van der Waals surface area contributed by atoms with Crippen molar-refractivity contribution in [3.63, 3.8) is 0 Å². The van der Waals surface area contributed by atoms with Gasteiger partial charge in [-0.05, 0) is 23.6 Å². The van der Waals surface area contributed by atoms with Crippen LogP contribution in [0, 0.1) is 0 Å². The molecular formula is C14H16ClNO2S. The number of ether oxygens (including phenoxy) is 2. The standard InChI is InChI=1S/C14H16ClNO2S/c1-9(8-15)19-14-11-7-13(18-3)12(17-2)6-10(11)4-5-16-14/h4-7,9H,8H2,1-3H3. The van der Waals surface area contributed by atoms with Crippen LogP contribution in [0.3, 0.4) is 0 Å². The van der Waals surface area contributed by atoms with Gasteiger partial charge in [0, 0.05) is 22.7 Å². The molecule has 19 heavy (non-hydrogen) atoms. The van der Waals surface area contributed by atoms with Crippen molar-refractivity contribution in [2.45, 2.75) is 17.2 Å². The lowest BCUT2D eigenvalue weighted by Gasteiger charge is -2.12. The van der Waals surface area contributed by atoms with Gasteiger partial charge >= 0.3 is 0 Å². The summed E-state index contributed by atoms with van der Waals surface area (Å²) in [5.74, 6) is 2.03. The second kappa shape index (κ2) is 6.35. The fraction of sp³-hybridized carbons (Fsp3) is 0.357. The van der Waals surface area contributed by atoms with E-state index in [9.17, 15) is 0 Å². The van der Waals surface area contributed by atoms with Crippen LogP contribution in [0.25, 0.3) is 10.8 Å². The molecule has 1 aromatic heterocycles. The van der Waals surface area contributed by atoms with Crippen LogP contribution in [-0.2, 0) is 0 Å². The molecule has 3 nitrogen and oxygen atoms in total. The molecule has 0 bridgehead atoms. The second-order valence-electron chi connectivity index (χ2n) is 4.13. The molecule has 5 heteroatoms. The number of hydrogen-bond acceptors (Lipinski definition) is 4. The highest BCUT2D eigenvalue weighted by molar-refractivity contribution is 8.00. The quantitative estimate of drug-likeness (QED) is 0.617. The lowest BCUT2D eigenvalue weighted by Crippen LogP contribution is -1.98. The maximum absolute atomic E-state index is 5.87. The van der Waals surface area contributed by atoms with E-state index in [-0.39, 0.29) is 0 Å². The Bertz CT molecular complexity index is 577. The van der Waals surface area contributed by atoms with Gasteiger partial charge in [-0.2, -0.15) is 0 Å². The maximum Gasteiger partial charge on any atom is 0.161 e. The first-order chi connectivity index (χ1) is 9.19. The molecule has 1 unspecified atom stereocenters. The van der Waals surface area contributed by atoms with E-state index in [0.717, 1.165) is 21.5 Å². The Morgan fingerprint density at radius 3 is 2.58 bits per heavy atom. The Morgan fingerprint density at radius 1 is 1.26 bits per heavy atom. The van der Waals surface area contributed by atoms with Gasteiger partial charge in [-0.3, -0.25) is 0 Å². The average Bonchev–Trinajstić information content (AvgIpc) is 2.45. The summed E-state index contributed by atoms with van der Waals surface area (Å²) in [6.45, 7) is 2.08. The largest absolute Gasteiger partial charge is 0.493 e. The van der Waals surface area contributed by atoms with E-state index in [2.05, 4.69) is 11.9 Å². The second-order valence-corrected chi connectivity index (χ2v) is 5.86. The maximum atomic E-state index is 5.87. The summed E-state index contributed by atoms with van der Waals surface area (Å²) in [6, 6.07) is 5.89. The van der Waals surface area contributed by atoms with Crippen molar-refractivity contribution in [2.75, 3.05) is 20.1 Å². The van der Waals surface area contributed by atoms with Crippen LogP contribution in [0.5, 0.6) is 11.5 Å². The van der Waals surface area contributed by atoms with E-state index in [4.69, 9.17) is 21.1 Å². The molecule has 0 saturated carbocycles. The summed E-state index contributed by atoms with van der Waals surface area (Å²) in [6.07, 6.45) is 1.80. The highest BCUT2D eigenvalue weighted by Crippen LogP contribution is 2.36. The summed E-state index contributed by atoms with van der Waals surface area (Å²) in [5.41, 5.74) is 0. The molecule has 0 N–H and O–H groups in total. The van der Waals surface area contributed by atoms with Crippen molar-refractivity contribution in [3.8, 4) is 11.5 Å². The molecule has 2 rings (SSSR count). The molecule has 0 saturated heterocycles. The minimum absolute atomic E-state index is 0.313. The zero-order valence-electron chi connectivity index (χ0n) is 11.1. The third kappa shape index (κ3) is 3.07. The molecular weight excluding hydrogens is 282 g/mol. The minimum Gasteiger partial charge on any atom is -0.493 e. The summed E-state index contributed by atoms with van der Waals surface area (Å²) < 4.78 is 10.7. The molecule has 1 aromatic carbocycles. The smallest absolute Gasteiger partial charge is 0.161 e. The van der Waals surface area contributed by atoms with Crippen molar-refractivity contribution in [1.82, 2.24) is 4.98 Å². The third-order valence-corrected chi connectivity index (χ3v) is 4.53. The number of halogens is 1. The van der Waals surface area contributed by atoms with E-state index in [1.165, 1.54) is 0 Å². The topological polar surface area (TPSA) is 31.4 Å². The number of hydrogen-bond donors (Lipinski definition) is 0. The van der Waals surface area contributed by atoms with Crippen molar-refractivity contribution < 1.29 is 9.47 Å². The number of aromatic nitrogens is 1. The van der Waals surface area contributed by atoms with Gasteiger partial charge in [0.05, 0.1) is 14.2 Å². The Kier molecular flexibility index (Phi) is 4.77. The minimum atomic E-state index is 0.313. The molecule has 0 spiro atoms. The molecule has 0 aliphatic carbocycles. The van der Waals surface area contributed by atoms with Gasteiger partial charge < -0.3 is 9.47 Å². The predicted octanol–water partition coefficient (Wildman–Crippen LogP) is 3.97. The van der Waals surface area contributed by atoms with Gasteiger partial charge in [-0.15, -0.1) is 23.4 Å². The number of fused-ring (bicyclic) bond motifs is 1. The van der Waals surface area contributed by atoms with Crippen LogP contribution in [0.2, 0.25) is 0 Å². The number of alkyl halides is 1. The van der Waals surface area contributed by atoms with Crippen LogP contribution in [0.4, 0.5) is 0 Å². The van der Waals surface area contributed by atoms with Gasteiger partial charge in [0.2, 0.25) is 0 Å². The summed E-state index contributed by atoms with van der Waals surface area (Å²) in [5, 5.41) is 3.42. The number of rotatable bonds is 5. The summed E-state index contributed by atoms with van der Waals surface area (Å²) in [7, 11) is 3.27. The van der Waals surface area contributed by atoms with Crippen molar-refractivity contribution in [1.29, 1.82) is 0 Å². The number of benzene rings is 1. The van der Waals surface area contributed by atoms with Crippen LogP contribution in [0.15, 0.2) is 29.4 Å². The van der Waals surface area contributed by atoms with Crippen molar-refractivity contribution >= 4 is 34.1 Å². The van der Waals surface area contributed by atoms with E-state index >= 15 is 0 Å². The zero-order valence-corrected chi connectivity index (χ0v) is 12.7. The van der Waals surface area contributed by atoms with E-state index in [1.807, 2.05) is 18.2 Å². The molecule has 0 aliphatic rings. The first-order valence-corrected chi connectivity index (χ1v) is 7.34. The molecule has 1 heterocycles. The third-order valence-electron chi connectivity index (χ3n) is 2.76. The fourth-order valence-corrected chi connectivity index (χ4v) is 2.85. The SMILES string of the molecule is COc1cc2ccnc(SC(C)CCl)c2cc1OC. The van der Waals surface area contributed by atoms with Crippen LogP contribution < -0.4 is 9.47 Å². The van der Waals surface area contributed by atoms with E-state index in [1.54, 1.807) is 32.2 Å². The van der Waals surface area contributed by atoms with Gasteiger partial charge in [0.1, 0.15) is 5.03 Å². The first-order valence-electron chi connectivity index (χ1n) is 5.93. The highest BCUT2D eigenvalue weighted by Gasteiger charge is 2.12. The molecule has 0 amide bonds. The lowest BCUT2D eigenvalue weighted by molar-refractivity contribution is 0.356. The molecule has 102 valence electrons. The van der Waals surface area contributed by atoms with E-state index in [0.29, 0.717) is 16.9 Å². The average molecular weight is 298 g/mol. The van der Waals surface area contributed by atoms with Crippen molar-refractivity contribution in [2.24, 2.45) is 0 Å². The Hall–Kier alpha value is -1.13. The summed E-state index contributed by atoms with van der Waals surface area (Å²) in [4.78, 5) is 4.43. The lowest BCUT2D eigenvalue weighted by atomic mass is 10.1. The fourth-order valence-electron chi connectivity index (χ4n) is 1.79. The Labute approximate surface area is 122 Å². The Balaban J connectivity index is 2.54. The van der Waals surface area contributed by atoms with Gasteiger partial charge in [-0.1, -0.05) is 6.92 Å². The van der Waals surface area contributed by atoms with Crippen molar-refractivity contribution in [3.05, 3.63) is 24.4 Å². The summed E-state index contributed by atoms with van der Waals surface area (Å²) >= 11 is 7.53. The zero-order chi connectivity index (χ0) is 13.8. The van der Waals surface area contributed by atoms with Gasteiger partial charge in [-0.25, -0.2) is 4.98 Å². The van der Waals surface area contributed by atoms with Gasteiger partial charge in [0.15, 0.2) is 11.5 Å². The van der Waals surface area contributed by atoms with Crippen LogP contribution in [0.1, 0.15) is 6.92 Å². The normalized spacial score (nSPS) is 12.4. The van der Waals surface area contributed by atoms with Gasteiger partial charge in [0.25, 0.3) is 0 Å².